The molecule has 1 N–H and O–H groups in total. The van der Waals surface area contributed by atoms with Crippen LogP contribution in [0.5, 0.6) is 0 Å². The fraction of sp³-hybridized carbons (Fsp3) is 0.391. The van der Waals surface area contributed by atoms with E-state index in [0.29, 0.717) is 17.7 Å². The van der Waals surface area contributed by atoms with Gasteiger partial charge in [-0.25, -0.2) is 17.5 Å². The molecule has 3 amide bonds. The first kappa shape index (κ1) is 22.6. The maximum absolute atomic E-state index is 13.2. The molecule has 4 rings (SSSR count). The number of halogens is 1. The normalized spacial score (nSPS) is 18.1. The first-order valence-electron chi connectivity index (χ1n) is 10.8. The van der Waals surface area contributed by atoms with Gasteiger partial charge in [0.05, 0.1) is 12.2 Å². The van der Waals surface area contributed by atoms with Crippen LogP contribution in [-0.2, 0) is 16.6 Å². The van der Waals surface area contributed by atoms with Crippen molar-refractivity contribution in [2.45, 2.75) is 56.5 Å². The zero-order valence-electron chi connectivity index (χ0n) is 17.9. The van der Waals surface area contributed by atoms with E-state index in [-0.39, 0.29) is 34.1 Å². The summed E-state index contributed by atoms with van der Waals surface area (Å²) in [4.78, 5) is 27.6. The van der Waals surface area contributed by atoms with E-state index in [1.165, 1.54) is 24.6 Å². The van der Waals surface area contributed by atoms with E-state index < -0.39 is 16.1 Å². The summed E-state index contributed by atoms with van der Waals surface area (Å²) in [6, 6.07) is 10.6. The van der Waals surface area contributed by atoms with Crippen molar-refractivity contribution in [3.05, 3.63) is 58.6 Å². The van der Waals surface area contributed by atoms with Crippen LogP contribution in [0.3, 0.4) is 0 Å². The Morgan fingerprint density at radius 1 is 1.16 bits per heavy atom. The number of carbonyl (C=O) groups is 2. The Labute approximate surface area is 193 Å². The van der Waals surface area contributed by atoms with E-state index in [0.717, 1.165) is 30.0 Å². The first-order chi connectivity index (χ1) is 15.3. The first-order valence-corrected chi connectivity index (χ1v) is 12.7. The number of rotatable bonds is 5. The van der Waals surface area contributed by atoms with Gasteiger partial charge in [0, 0.05) is 23.2 Å². The minimum Gasteiger partial charge on any atom is -0.336 e. The zero-order chi connectivity index (χ0) is 22.9. The maximum Gasteiger partial charge on any atom is 0.336 e. The Morgan fingerprint density at radius 2 is 1.91 bits per heavy atom. The molecule has 1 fully saturated rings. The molecule has 9 heteroatoms. The molecule has 2 aromatic rings. The van der Waals surface area contributed by atoms with Crippen molar-refractivity contribution in [1.29, 1.82) is 0 Å². The maximum atomic E-state index is 13.2. The number of nitrogens with one attached hydrogen (secondary N) is 1. The van der Waals surface area contributed by atoms with Gasteiger partial charge in [-0.2, -0.15) is 0 Å². The van der Waals surface area contributed by atoms with E-state index >= 15 is 0 Å². The van der Waals surface area contributed by atoms with Crippen molar-refractivity contribution in [3.8, 4) is 0 Å². The summed E-state index contributed by atoms with van der Waals surface area (Å²) in [7, 11) is -4.08. The van der Waals surface area contributed by atoms with Crippen molar-refractivity contribution < 1.29 is 18.0 Å². The van der Waals surface area contributed by atoms with Gasteiger partial charge in [0.2, 0.25) is 0 Å². The molecule has 0 spiro atoms. The van der Waals surface area contributed by atoms with Gasteiger partial charge in [-0.1, -0.05) is 43.0 Å². The van der Waals surface area contributed by atoms with Crippen molar-refractivity contribution in [1.82, 2.24) is 9.21 Å². The lowest BCUT2D eigenvalue weighted by molar-refractivity contribution is 0.0648. The molecule has 170 valence electrons. The van der Waals surface area contributed by atoms with Crippen LogP contribution in [0.2, 0.25) is 5.02 Å². The van der Waals surface area contributed by atoms with Crippen molar-refractivity contribution in [2.75, 3.05) is 11.9 Å². The Balaban J connectivity index is 1.59. The van der Waals surface area contributed by atoms with Gasteiger partial charge in [-0.15, -0.1) is 0 Å². The number of hydrogen-bond acceptors (Lipinski definition) is 4. The zero-order valence-corrected chi connectivity index (χ0v) is 19.5. The fourth-order valence-electron chi connectivity index (χ4n) is 4.47. The molecule has 1 saturated carbocycles. The van der Waals surface area contributed by atoms with E-state index in [1.807, 2.05) is 11.8 Å². The van der Waals surface area contributed by atoms with Crippen molar-refractivity contribution in [3.63, 3.8) is 0 Å². The molecule has 0 bridgehead atoms. The summed E-state index contributed by atoms with van der Waals surface area (Å²) < 4.78 is 26.9. The van der Waals surface area contributed by atoms with Gasteiger partial charge in [-0.05, 0) is 55.7 Å². The molecule has 2 aromatic carbocycles. The van der Waals surface area contributed by atoms with E-state index in [2.05, 4.69) is 5.32 Å². The predicted molar refractivity (Wildman–Crippen MR) is 123 cm³/mol. The largest absolute Gasteiger partial charge is 0.336 e. The molecule has 1 aliphatic heterocycles. The molecule has 0 aromatic heterocycles. The number of fused-ring (bicyclic) bond motifs is 1. The highest BCUT2D eigenvalue weighted by Crippen LogP contribution is 2.33. The summed E-state index contributed by atoms with van der Waals surface area (Å²) in [5, 5.41) is 2.86. The molecular formula is C23H26ClN3O4S. The van der Waals surface area contributed by atoms with E-state index in [4.69, 9.17) is 11.6 Å². The second-order valence-electron chi connectivity index (χ2n) is 8.17. The summed E-state index contributed by atoms with van der Waals surface area (Å²) in [6.45, 7) is 2.41. The highest BCUT2D eigenvalue weighted by Gasteiger charge is 2.37. The molecule has 0 atom stereocenters. The van der Waals surface area contributed by atoms with E-state index in [9.17, 15) is 18.0 Å². The van der Waals surface area contributed by atoms with Crippen LogP contribution in [0.1, 0.15) is 54.9 Å². The van der Waals surface area contributed by atoms with Gasteiger partial charge in [0.25, 0.3) is 15.9 Å². The minimum absolute atomic E-state index is 0.0497. The predicted octanol–water partition coefficient (Wildman–Crippen LogP) is 4.87. The number of benzene rings is 2. The highest BCUT2D eigenvalue weighted by atomic mass is 35.5. The summed E-state index contributed by atoms with van der Waals surface area (Å²) in [5.41, 5.74) is 1.25. The molecule has 1 heterocycles. The number of anilines is 1. The van der Waals surface area contributed by atoms with Gasteiger partial charge in [0.15, 0.2) is 0 Å². The SMILES string of the molecule is CCN(C(=O)c1cccc(CN2C(=O)Nc3ccc(Cl)cc3S2(=O)=O)c1)C1CCCCC1. The molecule has 0 saturated heterocycles. The molecule has 32 heavy (non-hydrogen) atoms. The van der Waals surface area contributed by atoms with Crippen LogP contribution < -0.4 is 5.32 Å². The smallest absolute Gasteiger partial charge is 0.336 e. The lowest BCUT2D eigenvalue weighted by Crippen LogP contribution is -2.43. The second-order valence-corrected chi connectivity index (χ2v) is 10.4. The number of hydrogen-bond donors (Lipinski definition) is 1. The lowest BCUT2D eigenvalue weighted by Gasteiger charge is -2.34. The van der Waals surface area contributed by atoms with Crippen molar-refractivity contribution in [2.24, 2.45) is 0 Å². The number of urea groups is 1. The van der Waals surface area contributed by atoms with Crippen LogP contribution in [0, 0.1) is 0 Å². The van der Waals surface area contributed by atoms with Crippen LogP contribution in [0.15, 0.2) is 47.4 Å². The molecule has 0 unspecified atom stereocenters. The summed E-state index contributed by atoms with van der Waals surface area (Å²) in [6.07, 6.45) is 5.48. The Bertz CT molecular complexity index is 1150. The van der Waals surface area contributed by atoms with Gasteiger partial charge >= 0.3 is 6.03 Å². The van der Waals surface area contributed by atoms with Gasteiger partial charge in [-0.3, -0.25) is 4.79 Å². The number of nitrogens with zero attached hydrogens (tertiary/aromatic N) is 2. The number of sulfonamides is 1. The van der Waals surface area contributed by atoms with Gasteiger partial charge in [0.1, 0.15) is 4.90 Å². The molecular weight excluding hydrogens is 450 g/mol. The third-order valence-corrected chi connectivity index (χ3v) is 8.10. The Morgan fingerprint density at radius 3 is 2.62 bits per heavy atom. The average Bonchev–Trinajstić information content (AvgIpc) is 2.79. The molecule has 7 nitrogen and oxygen atoms in total. The van der Waals surface area contributed by atoms with Crippen LogP contribution in [0.25, 0.3) is 0 Å². The third kappa shape index (κ3) is 4.34. The second kappa shape index (κ2) is 9.11. The Hall–Kier alpha value is -2.58. The third-order valence-electron chi connectivity index (χ3n) is 6.10. The van der Waals surface area contributed by atoms with Gasteiger partial charge < -0.3 is 10.2 Å². The standard InChI is InChI=1S/C23H26ClN3O4S/c1-2-26(19-9-4-3-5-10-19)22(28)17-8-6-7-16(13-17)15-27-23(29)25-20-12-11-18(24)14-21(20)32(27,30)31/h6-8,11-14,19H,2-5,9-10,15H2,1H3,(H,25,29). The van der Waals surface area contributed by atoms with Crippen molar-refractivity contribution >= 4 is 39.2 Å². The Kier molecular flexibility index (Phi) is 6.44. The van der Waals surface area contributed by atoms with E-state index in [1.54, 1.807) is 24.3 Å². The monoisotopic (exact) mass is 475 g/mol. The molecule has 2 aliphatic rings. The summed E-state index contributed by atoms with van der Waals surface area (Å²) in [5.74, 6) is -0.0654. The fourth-order valence-corrected chi connectivity index (χ4v) is 6.20. The van der Waals surface area contributed by atoms with Crippen LogP contribution in [-0.4, -0.2) is 42.1 Å². The summed E-state index contributed by atoms with van der Waals surface area (Å²) >= 11 is 5.97. The highest BCUT2D eigenvalue weighted by molar-refractivity contribution is 7.90. The molecule has 1 aliphatic carbocycles. The topological polar surface area (TPSA) is 86.8 Å². The van der Waals surface area contributed by atoms with Crippen LogP contribution >= 0.6 is 11.6 Å². The lowest BCUT2D eigenvalue weighted by atomic mass is 9.93. The molecule has 0 radical (unpaired) electrons. The van der Waals surface area contributed by atoms with Crippen LogP contribution in [0.4, 0.5) is 10.5 Å². The number of amides is 3. The minimum atomic E-state index is -4.08. The quantitative estimate of drug-likeness (QED) is 0.668. The number of carbonyl (C=O) groups excluding carboxylic acids is 2. The average molecular weight is 476 g/mol.